The Morgan fingerprint density at radius 1 is 0.889 bits per heavy atom. The lowest BCUT2D eigenvalue weighted by molar-refractivity contribution is -0.141. The third-order valence-corrected chi connectivity index (χ3v) is 4.75. The molecule has 0 aliphatic rings. The van der Waals surface area contributed by atoms with E-state index in [0.717, 1.165) is 26.9 Å². The molecule has 3 aromatic rings. The lowest BCUT2D eigenvalue weighted by Crippen LogP contribution is -2.11. The van der Waals surface area contributed by atoms with Crippen LogP contribution in [0, 0.1) is 0 Å². The summed E-state index contributed by atoms with van der Waals surface area (Å²) in [6.07, 6.45) is 0.182. The molecule has 0 amide bonds. The van der Waals surface area contributed by atoms with Gasteiger partial charge in [0.2, 0.25) is 0 Å². The quantitative estimate of drug-likeness (QED) is 0.384. The Balaban J connectivity index is 2.10. The number of carbonyl (C=O) groups excluding carboxylic acids is 1. The first-order valence-electron chi connectivity index (χ1n) is 8.68. The molecule has 0 aliphatic heterocycles. The first kappa shape index (κ1) is 19.1. The summed E-state index contributed by atoms with van der Waals surface area (Å²) >= 11 is 3.46. The van der Waals surface area contributed by atoms with Crippen molar-refractivity contribution in [2.24, 2.45) is 4.99 Å². The summed E-state index contributed by atoms with van der Waals surface area (Å²) in [6.45, 7) is 0. The standard InChI is InChI=1S/C23H20BrNO2/c1-27-22(26)16-21(17-12-14-20(24)15-13-17)25-23(18-8-4-2-5-9-18)19-10-6-3-7-11-19/h2-15,21H,16H2,1H3. The number of methoxy groups -OCH3 is 1. The van der Waals surface area contributed by atoms with Gasteiger partial charge in [-0.1, -0.05) is 88.7 Å². The Morgan fingerprint density at radius 3 is 1.89 bits per heavy atom. The molecule has 0 spiro atoms. The normalized spacial score (nSPS) is 11.5. The highest BCUT2D eigenvalue weighted by molar-refractivity contribution is 9.10. The Hall–Kier alpha value is -2.72. The van der Waals surface area contributed by atoms with Gasteiger partial charge in [-0.2, -0.15) is 0 Å². The van der Waals surface area contributed by atoms with Crippen LogP contribution in [0.1, 0.15) is 29.2 Å². The minimum atomic E-state index is -0.332. The average Bonchev–Trinajstić information content (AvgIpc) is 2.73. The summed E-state index contributed by atoms with van der Waals surface area (Å²) in [5.41, 5.74) is 3.84. The van der Waals surface area contributed by atoms with E-state index in [0.29, 0.717) is 0 Å². The Labute approximate surface area is 167 Å². The van der Waals surface area contributed by atoms with Crippen molar-refractivity contribution >= 4 is 27.6 Å². The van der Waals surface area contributed by atoms with Crippen LogP contribution in [0.5, 0.6) is 0 Å². The zero-order valence-corrected chi connectivity index (χ0v) is 16.6. The van der Waals surface area contributed by atoms with Gasteiger partial charge in [0.25, 0.3) is 0 Å². The van der Waals surface area contributed by atoms with Crippen molar-refractivity contribution in [2.75, 3.05) is 7.11 Å². The minimum absolute atomic E-state index is 0.182. The Bertz CT molecular complexity index is 865. The molecule has 136 valence electrons. The van der Waals surface area contributed by atoms with E-state index in [2.05, 4.69) is 15.9 Å². The number of hydrogen-bond acceptors (Lipinski definition) is 3. The van der Waals surface area contributed by atoms with E-state index in [1.165, 1.54) is 7.11 Å². The second-order valence-corrected chi connectivity index (χ2v) is 6.97. The van der Waals surface area contributed by atoms with Gasteiger partial charge in [-0.25, -0.2) is 0 Å². The van der Waals surface area contributed by atoms with Crippen molar-refractivity contribution in [3.63, 3.8) is 0 Å². The van der Waals surface area contributed by atoms with Crippen LogP contribution in [-0.2, 0) is 9.53 Å². The van der Waals surface area contributed by atoms with Gasteiger partial charge in [0.05, 0.1) is 25.3 Å². The second-order valence-electron chi connectivity index (χ2n) is 6.06. The molecule has 0 heterocycles. The summed E-state index contributed by atoms with van der Waals surface area (Å²) in [6, 6.07) is 27.6. The summed E-state index contributed by atoms with van der Waals surface area (Å²) in [5, 5.41) is 0. The van der Waals surface area contributed by atoms with Crippen LogP contribution in [0.2, 0.25) is 0 Å². The molecule has 1 atom stereocenters. The Morgan fingerprint density at radius 2 is 1.41 bits per heavy atom. The maximum absolute atomic E-state index is 12.0. The number of esters is 1. The third-order valence-electron chi connectivity index (χ3n) is 4.22. The average molecular weight is 422 g/mol. The highest BCUT2D eigenvalue weighted by atomic mass is 79.9. The van der Waals surface area contributed by atoms with E-state index in [9.17, 15) is 4.79 Å². The monoisotopic (exact) mass is 421 g/mol. The van der Waals surface area contributed by atoms with Gasteiger partial charge in [0, 0.05) is 15.6 Å². The van der Waals surface area contributed by atoms with Crippen LogP contribution in [0.3, 0.4) is 0 Å². The molecule has 0 N–H and O–H groups in total. The van der Waals surface area contributed by atoms with E-state index in [1.54, 1.807) is 0 Å². The summed E-state index contributed by atoms with van der Waals surface area (Å²) in [7, 11) is 1.40. The number of ether oxygens (including phenoxy) is 1. The van der Waals surface area contributed by atoms with Crippen LogP contribution in [-0.4, -0.2) is 18.8 Å². The number of aliphatic imine (C=N–C) groups is 1. The van der Waals surface area contributed by atoms with Gasteiger partial charge in [-0.3, -0.25) is 9.79 Å². The number of halogens is 1. The SMILES string of the molecule is COC(=O)CC(N=C(c1ccccc1)c1ccccc1)c1ccc(Br)cc1. The lowest BCUT2D eigenvalue weighted by Gasteiger charge is -2.16. The van der Waals surface area contributed by atoms with Crippen molar-refractivity contribution < 1.29 is 9.53 Å². The van der Waals surface area contributed by atoms with Gasteiger partial charge in [-0.15, -0.1) is 0 Å². The molecule has 27 heavy (non-hydrogen) atoms. The van der Waals surface area contributed by atoms with E-state index in [-0.39, 0.29) is 18.4 Å². The predicted molar refractivity (Wildman–Crippen MR) is 112 cm³/mol. The molecule has 0 fully saturated rings. The molecular formula is C23H20BrNO2. The van der Waals surface area contributed by atoms with Crippen LogP contribution in [0.4, 0.5) is 0 Å². The highest BCUT2D eigenvalue weighted by Crippen LogP contribution is 2.26. The third kappa shape index (κ3) is 5.14. The molecule has 0 aromatic heterocycles. The Kier molecular flexibility index (Phi) is 6.55. The van der Waals surface area contributed by atoms with Gasteiger partial charge < -0.3 is 4.74 Å². The molecule has 0 aliphatic carbocycles. The molecule has 3 aromatic carbocycles. The molecule has 3 rings (SSSR count). The summed E-state index contributed by atoms with van der Waals surface area (Å²) < 4.78 is 5.89. The maximum atomic E-state index is 12.0. The molecule has 0 bridgehead atoms. The molecule has 0 saturated carbocycles. The number of benzene rings is 3. The summed E-state index contributed by atoms with van der Waals surface area (Å²) in [4.78, 5) is 17.0. The van der Waals surface area contributed by atoms with Crippen LogP contribution in [0.15, 0.2) is 94.4 Å². The fourth-order valence-electron chi connectivity index (χ4n) is 2.83. The largest absolute Gasteiger partial charge is 0.469 e. The first-order chi connectivity index (χ1) is 13.2. The fraction of sp³-hybridized carbons (Fsp3) is 0.130. The molecular weight excluding hydrogens is 402 g/mol. The van der Waals surface area contributed by atoms with Gasteiger partial charge in [0.15, 0.2) is 0 Å². The number of nitrogens with zero attached hydrogens (tertiary/aromatic N) is 1. The smallest absolute Gasteiger partial charge is 0.308 e. The van der Waals surface area contributed by atoms with Crippen molar-refractivity contribution in [3.05, 3.63) is 106 Å². The van der Waals surface area contributed by atoms with E-state index in [1.807, 2.05) is 84.9 Å². The van der Waals surface area contributed by atoms with Crippen molar-refractivity contribution in [3.8, 4) is 0 Å². The number of rotatable bonds is 6. The van der Waals surface area contributed by atoms with Crippen molar-refractivity contribution in [1.82, 2.24) is 0 Å². The van der Waals surface area contributed by atoms with Crippen molar-refractivity contribution in [2.45, 2.75) is 12.5 Å². The molecule has 0 saturated heterocycles. The van der Waals surface area contributed by atoms with Crippen LogP contribution in [0.25, 0.3) is 0 Å². The fourth-order valence-corrected chi connectivity index (χ4v) is 3.09. The molecule has 0 radical (unpaired) electrons. The molecule has 3 nitrogen and oxygen atoms in total. The number of carbonyl (C=O) groups is 1. The highest BCUT2D eigenvalue weighted by Gasteiger charge is 2.18. The van der Waals surface area contributed by atoms with Crippen molar-refractivity contribution in [1.29, 1.82) is 0 Å². The van der Waals surface area contributed by atoms with Gasteiger partial charge in [0.1, 0.15) is 0 Å². The molecule has 1 unspecified atom stereocenters. The van der Waals surface area contributed by atoms with Gasteiger partial charge >= 0.3 is 5.97 Å². The van der Waals surface area contributed by atoms with Crippen LogP contribution >= 0.6 is 15.9 Å². The second kappa shape index (κ2) is 9.28. The lowest BCUT2D eigenvalue weighted by atomic mass is 9.99. The topological polar surface area (TPSA) is 38.7 Å². The van der Waals surface area contributed by atoms with Gasteiger partial charge in [-0.05, 0) is 17.7 Å². The zero-order chi connectivity index (χ0) is 19.1. The maximum Gasteiger partial charge on any atom is 0.308 e. The van der Waals surface area contributed by atoms with Crippen LogP contribution < -0.4 is 0 Å². The predicted octanol–water partition coefficient (Wildman–Crippen LogP) is 5.59. The van der Waals surface area contributed by atoms with E-state index in [4.69, 9.17) is 9.73 Å². The first-order valence-corrected chi connectivity index (χ1v) is 9.47. The van der Waals surface area contributed by atoms with E-state index >= 15 is 0 Å². The minimum Gasteiger partial charge on any atom is -0.469 e. The zero-order valence-electron chi connectivity index (χ0n) is 15.0. The number of hydrogen-bond donors (Lipinski definition) is 0. The molecule has 4 heteroatoms. The van der Waals surface area contributed by atoms with E-state index < -0.39 is 0 Å². The summed E-state index contributed by atoms with van der Waals surface area (Å²) in [5.74, 6) is -0.285.